The monoisotopic (exact) mass is 261 g/mol. The van der Waals surface area contributed by atoms with E-state index in [1.165, 1.54) is 25.7 Å². The van der Waals surface area contributed by atoms with E-state index >= 15 is 0 Å². The van der Waals surface area contributed by atoms with Gasteiger partial charge in [0.2, 0.25) is 0 Å². The highest BCUT2D eigenvalue weighted by Crippen LogP contribution is 2.27. The molecule has 104 valence electrons. The van der Waals surface area contributed by atoms with Gasteiger partial charge in [-0.05, 0) is 57.2 Å². The van der Waals surface area contributed by atoms with Gasteiger partial charge in [0, 0.05) is 5.56 Å². The third-order valence-corrected chi connectivity index (χ3v) is 3.77. The van der Waals surface area contributed by atoms with Gasteiger partial charge in [-0.3, -0.25) is 0 Å². The van der Waals surface area contributed by atoms with Gasteiger partial charge in [0.05, 0.1) is 11.8 Å². The third kappa shape index (κ3) is 3.72. The van der Waals surface area contributed by atoms with E-state index in [4.69, 9.17) is 9.94 Å². The van der Waals surface area contributed by atoms with Crippen molar-refractivity contribution in [3.8, 4) is 5.75 Å². The zero-order valence-corrected chi connectivity index (χ0v) is 11.9. The Kier molecular flexibility index (Phi) is 4.83. The zero-order valence-electron chi connectivity index (χ0n) is 11.9. The van der Waals surface area contributed by atoms with Crippen molar-refractivity contribution in [3.63, 3.8) is 0 Å². The van der Waals surface area contributed by atoms with Crippen LogP contribution in [0.2, 0.25) is 0 Å². The molecular weight excluding hydrogens is 238 g/mol. The average Bonchev–Trinajstić information content (AvgIpc) is 2.67. The fourth-order valence-corrected chi connectivity index (χ4v) is 2.62. The first kappa shape index (κ1) is 13.9. The van der Waals surface area contributed by atoms with Gasteiger partial charge in [0.1, 0.15) is 5.75 Å². The molecule has 1 saturated carbocycles. The Labute approximate surface area is 115 Å². The first-order valence-electron chi connectivity index (χ1n) is 7.17. The van der Waals surface area contributed by atoms with Crippen LogP contribution in [0.4, 0.5) is 0 Å². The molecule has 1 aliphatic rings. The van der Waals surface area contributed by atoms with Crippen LogP contribution in [-0.2, 0) is 0 Å². The summed E-state index contributed by atoms with van der Waals surface area (Å²) in [6.07, 6.45) is 7.69. The number of rotatable bonds is 3. The second-order valence-corrected chi connectivity index (χ2v) is 5.42. The Bertz CT molecular complexity index is 446. The lowest BCUT2D eigenvalue weighted by molar-refractivity contribution is 0.183. The number of oxime groups is 1. The van der Waals surface area contributed by atoms with Crippen molar-refractivity contribution >= 4 is 5.71 Å². The van der Waals surface area contributed by atoms with E-state index < -0.39 is 0 Å². The average molecular weight is 261 g/mol. The van der Waals surface area contributed by atoms with Gasteiger partial charge in [-0.1, -0.05) is 24.1 Å². The van der Waals surface area contributed by atoms with E-state index in [1.54, 1.807) is 6.92 Å². The van der Waals surface area contributed by atoms with Gasteiger partial charge in [0.25, 0.3) is 0 Å². The molecule has 0 spiro atoms. The highest BCUT2D eigenvalue weighted by molar-refractivity contribution is 6.00. The molecule has 0 heterocycles. The summed E-state index contributed by atoms with van der Waals surface area (Å²) in [5, 5.41) is 12.3. The van der Waals surface area contributed by atoms with E-state index in [9.17, 15) is 0 Å². The van der Waals surface area contributed by atoms with Gasteiger partial charge in [0.15, 0.2) is 0 Å². The highest BCUT2D eigenvalue weighted by Gasteiger charge is 2.16. The summed E-state index contributed by atoms with van der Waals surface area (Å²) < 4.78 is 6.18. The number of ether oxygens (including phenoxy) is 1. The van der Waals surface area contributed by atoms with Gasteiger partial charge >= 0.3 is 0 Å². The van der Waals surface area contributed by atoms with Crippen LogP contribution in [0.3, 0.4) is 0 Å². The van der Waals surface area contributed by atoms with Crippen molar-refractivity contribution in [1.29, 1.82) is 0 Å². The summed E-state index contributed by atoms with van der Waals surface area (Å²) in [5.74, 6) is 0.849. The number of aryl methyl sites for hydroxylation is 1. The molecule has 0 amide bonds. The molecule has 1 N–H and O–H groups in total. The second-order valence-electron chi connectivity index (χ2n) is 5.42. The van der Waals surface area contributed by atoms with Gasteiger partial charge in [-0.15, -0.1) is 0 Å². The molecule has 0 saturated heterocycles. The molecule has 0 atom stereocenters. The number of benzene rings is 1. The summed E-state index contributed by atoms with van der Waals surface area (Å²) in [6.45, 7) is 3.85. The molecule has 0 aromatic heterocycles. The minimum Gasteiger partial charge on any atom is -0.490 e. The fourth-order valence-electron chi connectivity index (χ4n) is 2.62. The Morgan fingerprint density at radius 1 is 1.21 bits per heavy atom. The van der Waals surface area contributed by atoms with Crippen LogP contribution in [0.1, 0.15) is 56.6 Å². The van der Waals surface area contributed by atoms with Crippen LogP contribution in [0.25, 0.3) is 0 Å². The first-order valence-corrected chi connectivity index (χ1v) is 7.17. The summed E-state index contributed by atoms with van der Waals surface area (Å²) in [4.78, 5) is 0. The largest absolute Gasteiger partial charge is 0.490 e. The molecule has 3 heteroatoms. The maximum atomic E-state index is 8.97. The summed E-state index contributed by atoms with van der Waals surface area (Å²) in [5.41, 5.74) is 2.65. The topological polar surface area (TPSA) is 41.8 Å². The van der Waals surface area contributed by atoms with Crippen LogP contribution >= 0.6 is 0 Å². The van der Waals surface area contributed by atoms with E-state index in [2.05, 4.69) is 12.1 Å². The summed E-state index contributed by atoms with van der Waals surface area (Å²) >= 11 is 0. The normalized spacial score (nSPS) is 18.1. The fraction of sp³-hybridized carbons (Fsp3) is 0.562. The lowest BCUT2D eigenvalue weighted by Gasteiger charge is -2.19. The van der Waals surface area contributed by atoms with Gasteiger partial charge < -0.3 is 9.94 Å². The van der Waals surface area contributed by atoms with E-state index in [1.807, 2.05) is 18.2 Å². The van der Waals surface area contributed by atoms with Crippen LogP contribution in [-0.4, -0.2) is 17.0 Å². The highest BCUT2D eigenvalue weighted by atomic mass is 16.5. The number of hydrogen-bond acceptors (Lipinski definition) is 3. The van der Waals surface area contributed by atoms with E-state index in [-0.39, 0.29) is 0 Å². The van der Waals surface area contributed by atoms with Gasteiger partial charge in [-0.2, -0.15) is 0 Å². The quantitative estimate of drug-likeness (QED) is 0.381. The van der Waals surface area contributed by atoms with Crippen LogP contribution < -0.4 is 4.74 Å². The number of nitrogens with zero attached hydrogens (tertiary/aromatic N) is 1. The minimum absolute atomic E-state index is 0.301. The molecule has 1 fully saturated rings. The predicted molar refractivity (Wildman–Crippen MR) is 77.3 cm³/mol. The molecule has 2 rings (SSSR count). The Balaban J connectivity index is 2.19. The van der Waals surface area contributed by atoms with Crippen molar-refractivity contribution in [2.45, 2.75) is 58.5 Å². The molecule has 0 unspecified atom stereocenters. The molecule has 19 heavy (non-hydrogen) atoms. The van der Waals surface area contributed by atoms with Crippen molar-refractivity contribution < 1.29 is 9.94 Å². The molecule has 0 aliphatic heterocycles. The smallest absolute Gasteiger partial charge is 0.129 e. The summed E-state index contributed by atoms with van der Waals surface area (Å²) in [7, 11) is 0. The lowest BCUT2D eigenvalue weighted by atomic mass is 10.1. The molecule has 3 nitrogen and oxygen atoms in total. The Morgan fingerprint density at radius 3 is 2.53 bits per heavy atom. The maximum Gasteiger partial charge on any atom is 0.129 e. The lowest BCUT2D eigenvalue weighted by Crippen LogP contribution is -2.17. The van der Waals surface area contributed by atoms with Crippen molar-refractivity contribution in [2.24, 2.45) is 5.16 Å². The standard InChI is InChI=1S/C16H23NO2/c1-12-9-10-15(13(2)17-18)16(11-12)19-14-7-5-3-4-6-8-14/h9-11,14,18H,3-8H2,1-2H3/b17-13-. The first-order chi connectivity index (χ1) is 9.20. The SMILES string of the molecule is C/C(=N/O)c1ccc(C)cc1OC1CCCCCC1. The van der Waals surface area contributed by atoms with Crippen molar-refractivity contribution in [1.82, 2.24) is 0 Å². The van der Waals surface area contributed by atoms with Gasteiger partial charge in [-0.25, -0.2) is 0 Å². The third-order valence-electron chi connectivity index (χ3n) is 3.77. The molecular formula is C16H23NO2. The van der Waals surface area contributed by atoms with E-state index in [0.717, 1.165) is 29.7 Å². The molecule has 1 aliphatic carbocycles. The second kappa shape index (κ2) is 6.60. The molecule has 0 radical (unpaired) electrons. The number of hydrogen-bond donors (Lipinski definition) is 1. The predicted octanol–water partition coefficient (Wildman–Crippen LogP) is 4.29. The molecule has 0 bridgehead atoms. The van der Waals surface area contributed by atoms with E-state index in [0.29, 0.717) is 11.8 Å². The summed E-state index contributed by atoms with van der Waals surface area (Å²) in [6, 6.07) is 6.02. The molecule has 1 aromatic carbocycles. The Morgan fingerprint density at radius 2 is 1.89 bits per heavy atom. The zero-order chi connectivity index (χ0) is 13.7. The molecule has 1 aromatic rings. The van der Waals surface area contributed by atoms with Crippen LogP contribution in [0.5, 0.6) is 5.75 Å². The Hall–Kier alpha value is -1.51. The maximum absolute atomic E-state index is 8.97. The van der Waals surface area contributed by atoms with Crippen molar-refractivity contribution in [2.75, 3.05) is 0 Å². The van der Waals surface area contributed by atoms with Crippen LogP contribution in [0.15, 0.2) is 23.4 Å². The van der Waals surface area contributed by atoms with Crippen molar-refractivity contribution in [3.05, 3.63) is 29.3 Å². The van der Waals surface area contributed by atoms with Crippen LogP contribution in [0, 0.1) is 6.92 Å². The minimum atomic E-state index is 0.301.